The third kappa shape index (κ3) is 3.94. The van der Waals surface area contributed by atoms with Crippen LogP contribution in [0.15, 0.2) is 46.8 Å². The Kier molecular flexibility index (Phi) is 4.87. The number of nitrogens with zero attached hydrogens (tertiary/aromatic N) is 2. The molecule has 0 saturated heterocycles. The fraction of sp³-hybridized carbons (Fsp3) is 0.133. The van der Waals surface area contributed by atoms with Gasteiger partial charge in [-0.1, -0.05) is 53.4 Å². The average molecular weight is 347 g/mol. The van der Waals surface area contributed by atoms with E-state index in [1.807, 2.05) is 37.3 Å². The molecule has 0 fully saturated rings. The summed E-state index contributed by atoms with van der Waals surface area (Å²) in [7, 11) is 0. The van der Waals surface area contributed by atoms with Crippen molar-refractivity contribution in [3.63, 3.8) is 0 Å². The SMILES string of the molecule is Cc1ccc(C(=O)Nc2nnc(SCc3ccccc3)s2)s1. The Morgan fingerprint density at radius 1 is 1.14 bits per heavy atom. The normalized spacial score (nSPS) is 10.6. The highest BCUT2D eigenvalue weighted by Crippen LogP contribution is 2.28. The van der Waals surface area contributed by atoms with E-state index in [9.17, 15) is 4.79 Å². The van der Waals surface area contributed by atoms with Crippen LogP contribution in [0.4, 0.5) is 5.13 Å². The number of carbonyl (C=O) groups excluding carboxylic acids is 1. The first-order valence-electron chi connectivity index (χ1n) is 6.59. The maximum Gasteiger partial charge on any atom is 0.267 e. The summed E-state index contributed by atoms with van der Waals surface area (Å²) in [6.07, 6.45) is 0. The van der Waals surface area contributed by atoms with E-state index in [1.165, 1.54) is 28.2 Å². The number of aryl methyl sites for hydroxylation is 1. The number of thiophene rings is 1. The topological polar surface area (TPSA) is 54.9 Å². The molecule has 112 valence electrons. The number of nitrogens with one attached hydrogen (secondary N) is 1. The Morgan fingerprint density at radius 3 is 2.68 bits per heavy atom. The monoisotopic (exact) mass is 347 g/mol. The molecule has 0 unspecified atom stereocenters. The van der Waals surface area contributed by atoms with Gasteiger partial charge in [-0.25, -0.2) is 0 Å². The molecular formula is C15H13N3OS3. The van der Waals surface area contributed by atoms with Crippen LogP contribution in [0, 0.1) is 6.92 Å². The van der Waals surface area contributed by atoms with Gasteiger partial charge < -0.3 is 0 Å². The Hall–Kier alpha value is -1.70. The van der Waals surface area contributed by atoms with Crippen molar-refractivity contribution in [2.24, 2.45) is 0 Å². The number of rotatable bonds is 5. The highest BCUT2D eigenvalue weighted by atomic mass is 32.2. The second-order valence-electron chi connectivity index (χ2n) is 4.51. The van der Waals surface area contributed by atoms with E-state index < -0.39 is 0 Å². The third-order valence-electron chi connectivity index (χ3n) is 2.80. The fourth-order valence-corrected chi connectivity index (χ4v) is 4.22. The van der Waals surface area contributed by atoms with Crippen LogP contribution in [-0.4, -0.2) is 16.1 Å². The Morgan fingerprint density at radius 2 is 1.95 bits per heavy atom. The Balaban J connectivity index is 1.58. The van der Waals surface area contributed by atoms with Crippen LogP contribution in [0.25, 0.3) is 0 Å². The zero-order chi connectivity index (χ0) is 15.4. The number of amides is 1. The average Bonchev–Trinajstić information content (AvgIpc) is 3.15. The molecule has 2 heterocycles. The van der Waals surface area contributed by atoms with Crippen LogP contribution in [0.5, 0.6) is 0 Å². The molecule has 0 aliphatic carbocycles. The van der Waals surface area contributed by atoms with E-state index in [4.69, 9.17) is 0 Å². The van der Waals surface area contributed by atoms with E-state index >= 15 is 0 Å². The number of hydrogen-bond donors (Lipinski definition) is 1. The van der Waals surface area contributed by atoms with Gasteiger partial charge in [0.1, 0.15) is 0 Å². The van der Waals surface area contributed by atoms with Gasteiger partial charge in [-0.15, -0.1) is 21.5 Å². The standard InChI is InChI=1S/C15H13N3OS3/c1-10-7-8-12(21-10)13(19)16-14-17-18-15(22-14)20-9-11-5-3-2-4-6-11/h2-8H,9H2,1H3,(H,16,17,19). The van der Waals surface area contributed by atoms with Gasteiger partial charge in [0, 0.05) is 10.6 Å². The Labute approximate surface area is 140 Å². The molecule has 0 atom stereocenters. The summed E-state index contributed by atoms with van der Waals surface area (Å²) in [5.41, 5.74) is 1.24. The van der Waals surface area contributed by atoms with Crippen molar-refractivity contribution >= 4 is 45.5 Å². The van der Waals surface area contributed by atoms with Crippen molar-refractivity contribution in [2.75, 3.05) is 5.32 Å². The van der Waals surface area contributed by atoms with Crippen molar-refractivity contribution < 1.29 is 4.79 Å². The third-order valence-corrected chi connectivity index (χ3v) is 5.84. The molecule has 22 heavy (non-hydrogen) atoms. The molecule has 0 spiro atoms. The highest BCUT2D eigenvalue weighted by Gasteiger charge is 2.12. The van der Waals surface area contributed by atoms with Crippen LogP contribution < -0.4 is 5.32 Å². The molecule has 0 bridgehead atoms. The van der Waals surface area contributed by atoms with E-state index in [0.29, 0.717) is 10.0 Å². The number of aromatic nitrogens is 2. The first-order chi connectivity index (χ1) is 10.7. The lowest BCUT2D eigenvalue weighted by Gasteiger charge is -1.97. The van der Waals surface area contributed by atoms with Crippen LogP contribution in [-0.2, 0) is 5.75 Å². The van der Waals surface area contributed by atoms with Gasteiger partial charge in [-0.2, -0.15) is 0 Å². The second-order valence-corrected chi connectivity index (χ2v) is 8.00. The minimum atomic E-state index is -0.131. The number of carbonyl (C=O) groups is 1. The maximum atomic E-state index is 12.0. The zero-order valence-electron chi connectivity index (χ0n) is 11.8. The van der Waals surface area contributed by atoms with Crippen molar-refractivity contribution in [1.82, 2.24) is 10.2 Å². The smallest absolute Gasteiger partial charge is 0.267 e. The van der Waals surface area contributed by atoms with Gasteiger partial charge in [0.15, 0.2) is 4.34 Å². The molecule has 0 saturated carbocycles. The molecule has 1 aromatic carbocycles. The molecule has 4 nitrogen and oxygen atoms in total. The first-order valence-corrected chi connectivity index (χ1v) is 9.20. The predicted molar refractivity (Wildman–Crippen MR) is 92.9 cm³/mol. The molecule has 2 aromatic heterocycles. The van der Waals surface area contributed by atoms with Crippen LogP contribution in [0.1, 0.15) is 20.1 Å². The summed E-state index contributed by atoms with van der Waals surface area (Å²) in [6.45, 7) is 1.98. The van der Waals surface area contributed by atoms with Crippen molar-refractivity contribution in [1.29, 1.82) is 0 Å². The number of hydrogen-bond acceptors (Lipinski definition) is 6. The van der Waals surface area contributed by atoms with E-state index in [2.05, 4.69) is 27.6 Å². The van der Waals surface area contributed by atoms with Crippen molar-refractivity contribution in [3.05, 3.63) is 57.8 Å². The molecule has 0 radical (unpaired) electrons. The van der Waals surface area contributed by atoms with Crippen LogP contribution in [0.3, 0.4) is 0 Å². The van der Waals surface area contributed by atoms with E-state index in [0.717, 1.165) is 15.0 Å². The second kappa shape index (κ2) is 7.04. The first kappa shape index (κ1) is 15.2. The largest absolute Gasteiger partial charge is 0.296 e. The summed E-state index contributed by atoms with van der Waals surface area (Å²) < 4.78 is 0.849. The number of thioether (sulfide) groups is 1. The highest BCUT2D eigenvalue weighted by molar-refractivity contribution is 8.00. The van der Waals surface area contributed by atoms with Crippen molar-refractivity contribution in [2.45, 2.75) is 17.0 Å². The van der Waals surface area contributed by atoms with Gasteiger partial charge in [0.05, 0.1) is 4.88 Å². The number of benzene rings is 1. The lowest BCUT2D eigenvalue weighted by Crippen LogP contribution is -2.09. The molecule has 0 aliphatic rings. The quantitative estimate of drug-likeness (QED) is 0.547. The summed E-state index contributed by atoms with van der Waals surface area (Å²) in [6, 6.07) is 13.9. The molecule has 1 amide bonds. The summed E-state index contributed by atoms with van der Waals surface area (Å²) in [5, 5.41) is 11.5. The van der Waals surface area contributed by atoms with Crippen LogP contribution >= 0.6 is 34.4 Å². The van der Waals surface area contributed by atoms with Gasteiger partial charge in [-0.05, 0) is 24.6 Å². The maximum absolute atomic E-state index is 12.0. The van der Waals surface area contributed by atoms with Gasteiger partial charge >= 0.3 is 0 Å². The molecular weight excluding hydrogens is 334 g/mol. The molecule has 1 N–H and O–H groups in total. The molecule has 0 aliphatic heterocycles. The van der Waals surface area contributed by atoms with Gasteiger partial charge in [0.2, 0.25) is 5.13 Å². The van der Waals surface area contributed by atoms with E-state index in [1.54, 1.807) is 11.8 Å². The minimum Gasteiger partial charge on any atom is -0.296 e. The fourth-order valence-electron chi connectivity index (χ4n) is 1.75. The van der Waals surface area contributed by atoms with Crippen molar-refractivity contribution in [3.8, 4) is 0 Å². The van der Waals surface area contributed by atoms with E-state index in [-0.39, 0.29) is 5.91 Å². The summed E-state index contributed by atoms with van der Waals surface area (Å²) in [4.78, 5) is 13.8. The van der Waals surface area contributed by atoms with Crippen LogP contribution in [0.2, 0.25) is 0 Å². The van der Waals surface area contributed by atoms with Gasteiger partial charge in [-0.3, -0.25) is 10.1 Å². The lowest BCUT2D eigenvalue weighted by molar-refractivity contribution is 0.103. The molecule has 3 aromatic rings. The number of anilines is 1. The van der Waals surface area contributed by atoms with Gasteiger partial charge in [0.25, 0.3) is 5.91 Å². The zero-order valence-corrected chi connectivity index (χ0v) is 14.2. The minimum absolute atomic E-state index is 0.131. The molecule has 3 rings (SSSR count). The Bertz CT molecular complexity index is 767. The molecule has 7 heteroatoms. The lowest BCUT2D eigenvalue weighted by atomic mass is 10.2. The summed E-state index contributed by atoms with van der Waals surface area (Å²) >= 11 is 4.48. The summed E-state index contributed by atoms with van der Waals surface area (Å²) in [5.74, 6) is 0.710. The predicted octanol–water partition coefficient (Wildman–Crippen LogP) is 4.45.